The van der Waals surface area contributed by atoms with Gasteiger partial charge < -0.3 is 14.2 Å². The molecule has 0 saturated carbocycles. The summed E-state index contributed by atoms with van der Waals surface area (Å²) >= 11 is 0. The van der Waals surface area contributed by atoms with Crippen molar-refractivity contribution in [3.8, 4) is 0 Å². The molecule has 4 rings (SSSR count). The maximum Gasteiger partial charge on any atom is 0.312 e. The molecule has 3 heteroatoms. The molecule has 0 atom stereocenters. The van der Waals surface area contributed by atoms with Crippen molar-refractivity contribution >= 4 is 0 Å². The number of hydrogen-bond donors (Lipinski definition) is 0. The summed E-state index contributed by atoms with van der Waals surface area (Å²) < 4.78 is 25.3. The van der Waals surface area contributed by atoms with E-state index in [1.165, 1.54) is 0 Å². The zero-order valence-electron chi connectivity index (χ0n) is 12.2. The molecule has 1 aromatic rings. The topological polar surface area (TPSA) is 27.7 Å². The largest absolute Gasteiger partial charge is 0.323 e. The molecular formula is C15H20O3. The normalized spacial score (nSPS) is 36.5. The zero-order chi connectivity index (χ0) is 13.7. The SMILES string of the molecule is [3H]c1ccc(C23OCC(C(C)(C)C)(CO2)CO3)cc1. The highest BCUT2D eigenvalue weighted by atomic mass is 16.9. The molecular weight excluding hydrogens is 228 g/mol. The minimum absolute atomic E-state index is 0.0740. The number of ether oxygens (including phenoxy) is 3. The van der Waals surface area contributed by atoms with Crippen LogP contribution in [0, 0.1) is 10.8 Å². The van der Waals surface area contributed by atoms with Crippen molar-refractivity contribution in [1.29, 1.82) is 0 Å². The highest BCUT2D eigenvalue weighted by Crippen LogP contribution is 2.51. The first kappa shape index (κ1) is 11.0. The van der Waals surface area contributed by atoms with Crippen molar-refractivity contribution in [2.75, 3.05) is 19.8 Å². The van der Waals surface area contributed by atoms with Gasteiger partial charge in [-0.15, -0.1) is 0 Å². The molecule has 1 aromatic carbocycles. The van der Waals surface area contributed by atoms with Crippen LogP contribution in [0.15, 0.2) is 30.3 Å². The van der Waals surface area contributed by atoms with Gasteiger partial charge in [0, 0.05) is 11.0 Å². The van der Waals surface area contributed by atoms with Crippen LogP contribution in [0.3, 0.4) is 0 Å². The summed E-state index contributed by atoms with van der Waals surface area (Å²) in [5.74, 6) is -1.07. The van der Waals surface area contributed by atoms with E-state index in [1.54, 1.807) is 12.1 Å². The molecule has 18 heavy (non-hydrogen) atoms. The van der Waals surface area contributed by atoms with E-state index in [9.17, 15) is 0 Å². The lowest BCUT2D eigenvalue weighted by atomic mass is 9.67. The van der Waals surface area contributed by atoms with Gasteiger partial charge in [-0.2, -0.15) is 0 Å². The van der Waals surface area contributed by atoms with E-state index in [1.807, 2.05) is 12.1 Å². The predicted molar refractivity (Wildman–Crippen MR) is 67.9 cm³/mol. The van der Waals surface area contributed by atoms with E-state index in [-0.39, 0.29) is 10.8 Å². The maximum absolute atomic E-state index is 7.53. The molecule has 0 aliphatic carbocycles. The molecule has 2 bridgehead atoms. The minimum atomic E-state index is -1.07. The standard InChI is InChI=1S/C15H20O3/c1-13(2,3)14-9-16-15(17-10-14,18-11-14)12-7-5-4-6-8-12/h4-8H,9-11H2,1-3H3/i4T. The third-order valence-corrected chi connectivity index (χ3v) is 4.28. The molecule has 0 N–H and O–H groups in total. The summed E-state index contributed by atoms with van der Waals surface area (Å²) in [5, 5.41) is 0. The lowest BCUT2D eigenvalue weighted by Gasteiger charge is -2.56. The van der Waals surface area contributed by atoms with Gasteiger partial charge in [0.05, 0.1) is 21.2 Å². The van der Waals surface area contributed by atoms with Gasteiger partial charge in [-0.1, -0.05) is 51.1 Å². The quantitative estimate of drug-likeness (QED) is 0.767. The summed E-state index contributed by atoms with van der Waals surface area (Å²) in [5.41, 5.74) is 0.820. The molecule has 0 aromatic heterocycles. The molecule has 3 nitrogen and oxygen atoms in total. The van der Waals surface area contributed by atoms with Crippen LogP contribution < -0.4 is 0 Å². The van der Waals surface area contributed by atoms with Crippen molar-refractivity contribution in [2.45, 2.75) is 26.7 Å². The van der Waals surface area contributed by atoms with Gasteiger partial charge in [-0.3, -0.25) is 0 Å². The molecule has 3 aliphatic heterocycles. The third-order valence-electron chi connectivity index (χ3n) is 4.28. The van der Waals surface area contributed by atoms with Crippen LogP contribution in [0.5, 0.6) is 0 Å². The van der Waals surface area contributed by atoms with Gasteiger partial charge in [-0.05, 0) is 5.41 Å². The molecule has 0 unspecified atom stereocenters. The number of rotatable bonds is 1. The van der Waals surface area contributed by atoms with Crippen molar-refractivity contribution < 1.29 is 15.6 Å². The summed E-state index contributed by atoms with van der Waals surface area (Å²) in [7, 11) is 0. The maximum atomic E-state index is 7.53. The van der Waals surface area contributed by atoms with E-state index >= 15 is 0 Å². The minimum Gasteiger partial charge on any atom is -0.323 e. The van der Waals surface area contributed by atoms with Crippen LogP contribution in [-0.2, 0) is 20.2 Å². The summed E-state index contributed by atoms with van der Waals surface area (Å²) in [6, 6.07) is 7.58. The first-order valence-electron chi connectivity index (χ1n) is 6.86. The fourth-order valence-electron chi connectivity index (χ4n) is 2.44. The molecule has 3 heterocycles. The van der Waals surface area contributed by atoms with Gasteiger partial charge in [0.15, 0.2) is 0 Å². The molecule has 0 spiro atoms. The van der Waals surface area contributed by atoms with Gasteiger partial charge in [0.1, 0.15) is 0 Å². The average Bonchev–Trinajstić information content (AvgIpc) is 2.40. The summed E-state index contributed by atoms with van der Waals surface area (Å²) in [6.07, 6.45) is 0. The molecule has 98 valence electrons. The Bertz CT molecular complexity index is 451. The Balaban J connectivity index is 1.87. The van der Waals surface area contributed by atoms with Crippen LogP contribution in [0.2, 0.25) is 0 Å². The molecule has 0 radical (unpaired) electrons. The summed E-state index contributed by atoms with van der Waals surface area (Å²) in [4.78, 5) is 0. The Kier molecular flexibility index (Phi) is 2.31. The monoisotopic (exact) mass is 250 g/mol. The van der Waals surface area contributed by atoms with E-state index in [0.29, 0.717) is 25.9 Å². The van der Waals surface area contributed by atoms with Gasteiger partial charge in [0.25, 0.3) is 0 Å². The van der Waals surface area contributed by atoms with Gasteiger partial charge in [-0.25, -0.2) is 0 Å². The van der Waals surface area contributed by atoms with Gasteiger partial charge >= 0.3 is 5.97 Å². The van der Waals surface area contributed by atoms with Crippen molar-refractivity contribution in [1.82, 2.24) is 0 Å². The average molecular weight is 250 g/mol. The molecule has 3 fully saturated rings. The Morgan fingerprint density at radius 2 is 1.56 bits per heavy atom. The number of hydrogen-bond acceptors (Lipinski definition) is 3. The Morgan fingerprint density at radius 1 is 1.06 bits per heavy atom. The zero-order valence-corrected chi connectivity index (χ0v) is 11.2. The van der Waals surface area contributed by atoms with Crippen LogP contribution in [0.25, 0.3) is 0 Å². The first-order chi connectivity index (χ1) is 8.87. The van der Waals surface area contributed by atoms with E-state index in [0.717, 1.165) is 5.56 Å². The second-order valence-electron chi connectivity index (χ2n) is 6.24. The summed E-state index contributed by atoms with van der Waals surface area (Å²) in [6.45, 7) is 8.49. The van der Waals surface area contributed by atoms with Gasteiger partial charge in [0.2, 0.25) is 0 Å². The molecule has 0 amide bonds. The molecule has 3 aliphatic rings. The van der Waals surface area contributed by atoms with Crippen molar-refractivity contribution in [3.63, 3.8) is 0 Å². The Hall–Kier alpha value is -0.900. The first-order valence-corrected chi connectivity index (χ1v) is 6.36. The highest BCUT2D eigenvalue weighted by molar-refractivity contribution is 5.20. The van der Waals surface area contributed by atoms with Crippen LogP contribution in [0.4, 0.5) is 0 Å². The van der Waals surface area contributed by atoms with E-state index < -0.39 is 5.97 Å². The van der Waals surface area contributed by atoms with Crippen molar-refractivity contribution in [3.05, 3.63) is 35.9 Å². The third kappa shape index (κ3) is 1.62. The highest BCUT2D eigenvalue weighted by Gasteiger charge is 2.57. The number of fused-ring (bicyclic) bond motifs is 3. The van der Waals surface area contributed by atoms with Crippen LogP contribution in [0.1, 0.15) is 27.7 Å². The lowest BCUT2D eigenvalue weighted by Crippen LogP contribution is -2.62. The van der Waals surface area contributed by atoms with E-state index in [2.05, 4.69) is 20.8 Å². The molecule has 3 saturated heterocycles. The van der Waals surface area contributed by atoms with Crippen molar-refractivity contribution in [2.24, 2.45) is 10.8 Å². The number of benzene rings is 1. The predicted octanol–water partition coefficient (Wildman–Crippen LogP) is 2.91. The van der Waals surface area contributed by atoms with Crippen LogP contribution >= 0.6 is 0 Å². The second-order valence-corrected chi connectivity index (χ2v) is 6.24. The second kappa shape index (κ2) is 3.80. The fraction of sp³-hybridized carbons (Fsp3) is 0.600. The fourth-order valence-corrected chi connectivity index (χ4v) is 2.44. The Morgan fingerprint density at radius 3 is 2.00 bits per heavy atom. The van der Waals surface area contributed by atoms with E-state index in [4.69, 9.17) is 15.6 Å². The smallest absolute Gasteiger partial charge is 0.312 e. The Labute approximate surface area is 109 Å². The lowest BCUT2D eigenvalue weighted by molar-refractivity contribution is -0.489. The van der Waals surface area contributed by atoms with Crippen LogP contribution in [-0.4, -0.2) is 19.8 Å².